The summed E-state index contributed by atoms with van der Waals surface area (Å²) in [6.07, 6.45) is 5.60. The Balaban J connectivity index is 2.06. The van der Waals surface area contributed by atoms with E-state index in [2.05, 4.69) is 48.0 Å². The zero-order valence-electron chi connectivity index (χ0n) is 11.2. The summed E-state index contributed by atoms with van der Waals surface area (Å²) in [6, 6.07) is 6.52. The van der Waals surface area contributed by atoms with Crippen LogP contribution in [0.5, 0.6) is 0 Å². The number of nitrogens with zero attached hydrogens (tertiary/aromatic N) is 4. The van der Waals surface area contributed by atoms with E-state index in [1.807, 2.05) is 29.3 Å². The third-order valence-electron chi connectivity index (χ3n) is 3.34. The molecule has 0 radical (unpaired) electrons. The van der Waals surface area contributed by atoms with Gasteiger partial charge in [-0.1, -0.05) is 6.07 Å². The number of hydrogen-bond acceptors (Lipinski definition) is 3. The highest BCUT2D eigenvalue weighted by atomic mass is 15.3. The van der Waals surface area contributed by atoms with Crippen LogP contribution in [0.1, 0.15) is 31.1 Å². The molecule has 0 aliphatic heterocycles. The Hall–Kier alpha value is -1.68. The molecule has 0 N–H and O–H groups in total. The Labute approximate surface area is 108 Å². The molecule has 0 spiro atoms. The second-order valence-electron chi connectivity index (χ2n) is 4.52. The smallest absolute Gasteiger partial charge is 0.0524 e. The minimum atomic E-state index is 0.346. The molecule has 0 bridgehead atoms. The molecule has 0 saturated heterocycles. The van der Waals surface area contributed by atoms with Crippen LogP contribution < -0.4 is 0 Å². The SMILES string of the molecule is CCn1nccc1CN(C)[C@H](C)c1cccnc1. The minimum absolute atomic E-state index is 0.346. The van der Waals surface area contributed by atoms with Crippen LogP contribution in [0.4, 0.5) is 0 Å². The molecule has 0 aliphatic carbocycles. The van der Waals surface area contributed by atoms with Crippen molar-refractivity contribution in [1.29, 1.82) is 0 Å². The van der Waals surface area contributed by atoms with Crippen molar-refractivity contribution >= 4 is 0 Å². The fraction of sp³-hybridized carbons (Fsp3) is 0.429. The summed E-state index contributed by atoms with van der Waals surface area (Å²) in [5.41, 5.74) is 2.48. The molecule has 4 nitrogen and oxygen atoms in total. The van der Waals surface area contributed by atoms with Gasteiger partial charge in [-0.3, -0.25) is 14.6 Å². The second kappa shape index (κ2) is 5.78. The van der Waals surface area contributed by atoms with Crippen molar-refractivity contribution in [1.82, 2.24) is 19.7 Å². The lowest BCUT2D eigenvalue weighted by atomic mass is 10.1. The molecule has 1 atom stereocenters. The lowest BCUT2D eigenvalue weighted by molar-refractivity contribution is 0.245. The molecule has 4 heteroatoms. The topological polar surface area (TPSA) is 34.0 Å². The molecule has 0 fully saturated rings. The van der Waals surface area contributed by atoms with Gasteiger partial charge in [0.25, 0.3) is 0 Å². The van der Waals surface area contributed by atoms with Crippen LogP contribution in [0.25, 0.3) is 0 Å². The summed E-state index contributed by atoms with van der Waals surface area (Å²) in [5, 5.41) is 4.30. The zero-order chi connectivity index (χ0) is 13.0. The molecule has 96 valence electrons. The molecule has 18 heavy (non-hydrogen) atoms. The van der Waals surface area contributed by atoms with Gasteiger partial charge in [0.15, 0.2) is 0 Å². The van der Waals surface area contributed by atoms with E-state index in [0.29, 0.717) is 6.04 Å². The van der Waals surface area contributed by atoms with Crippen LogP contribution in [-0.4, -0.2) is 26.7 Å². The number of aryl methyl sites for hydroxylation is 1. The van der Waals surface area contributed by atoms with Crippen molar-refractivity contribution in [3.05, 3.63) is 48.0 Å². The van der Waals surface area contributed by atoms with Gasteiger partial charge in [0.05, 0.1) is 5.69 Å². The Morgan fingerprint density at radius 2 is 2.17 bits per heavy atom. The third-order valence-corrected chi connectivity index (χ3v) is 3.34. The van der Waals surface area contributed by atoms with E-state index in [-0.39, 0.29) is 0 Å². The van der Waals surface area contributed by atoms with Crippen LogP contribution >= 0.6 is 0 Å². The monoisotopic (exact) mass is 244 g/mol. The Kier molecular flexibility index (Phi) is 4.10. The van der Waals surface area contributed by atoms with E-state index in [4.69, 9.17) is 0 Å². The lowest BCUT2D eigenvalue weighted by Crippen LogP contribution is -2.23. The van der Waals surface area contributed by atoms with Crippen LogP contribution in [-0.2, 0) is 13.1 Å². The Bertz CT molecular complexity index is 478. The highest BCUT2D eigenvalue weighted by Gasteiger charge is 2.13. The molecule has 2 aromatic heterocycles. The second-order valence-corrected chi connectivity index (χ2v) is 4.52. The molecule has 0 unspecified atom stereocenters. The van der Waals surface area contributed by atoms with Crippen molar-refractivity contribution in [2.24, 2.45) is 0 Å². The van der Waals surface area contributed by atoms with E-state index in [1.54, 1.807) is 0 Å². The summed E-state index contributed by atoms with van der Waals surface area (Å²) in [7, 11) is 2.13. The summed E-state index contributed by atoms with van der Waals surface area (Å²) in [6.45, 7) is 6.12. The predicted octanol–water partition coefficient (Wildman–Crippen LogP) is 2.49. The molecule has 0 saturated carbocycles. The molecule has 0 aromatic carbocycles. The van der Waals surface area contributed by atoms with Gasteiger partial charge in [-0.25, -0.2) is 0 Å². The normalized spacial score (nSPS) is 12.9. The van der Waals surface area contributed by atoms with Gasteiger partial charge in [-0.15, -0.1) is 0 Å². The van der Waals surface area contributed by atoms with Crippen molar-refractivity contribution in [2.75, 3.05) is 7.05 Å². The van der Waals surface area contributed by atoms with E-state index < -0.39 is 0 Å². The standard InChI is InChI=1S/C14H20N4/c1-4-18-14(7-9-16-18)11-17(3)12(2)13-6-5-8-15-10-13/h5-10,12H,4,11H2,1-3H3/t12-/m1/s1. The maximum atomic E-state index is 4.30. The molecule has 2 aromatic rings. The third kappa shape index (κ3) is 2.76. The molecule has 2 heterocycles. The maximum absolute atomic E-state index is 4.30. The number of aromatic nitrogens is 3. The van der Waals surface area contributed by atoms with E-state index in [1.165, 1.54) is 11.3 Å². The largest absolute Gasteiger partial charge is 0.294 e. The average molecular weight is 244 g/mol. The first-order valence-electron chi connectivity index (χ1n) is 6.33. The summed E-state index contributed by atoms with van der Waals surface area (Å²) < 4.78 is 2.03. The van der Waals surface area contributed by atoms with Gasteiger partial charge in [-0.2, -0.15) is 5.10 Å². The molecular weight excluding hydrogens is 224 g/mol. The van der Waals surface area contributed by atoms with Crippen molar-refractivity contribution in [3.8, 4) is 0 Å². The maximum Gasteiger partial charge on any atom is 0.0524 e. The van der Waals surface area contributed by atoms with E-state index >= 15 is 0 Å². The Morgan fingerprint density at radius 1 is 1.33 bits per heavy atom. The van der Waals surface area contributed by atoms with Gasteiger partial charge >= 0.3 is 0 Å². The quantitative estimate of drug-likeness (QED) is 0.810. The van der Waals surface area contributed by atoms with Gasteiger partial charge in [0.1, 0.15) is 0 Å². The van der Waals surface area contributed by atoms with E-state index in [0.717, 1.165) is 13.1 Å². The highest BCUT2D eigenvalue weighted by Crippen LogP contribution is 2.19. The van der Waals surface area contributed by atoms with Crippen LogP contribution in [0.2, 0.25) is 0 Å². The average Bonchev–Trinajstić information content (AvgIpc) is 2.86. The van der Waals surface area contributed by atoms with Crippen molar-refractivity contribution in [3.63, 3.8) is 0 Å². The highest BCUT2D eigenvalue weighted by molar-refractivity contribution is 5.13. The van der Waals surface area contributed by atoms with Gasteiger partial charge < -0.3 is 0 Å². The van der Waals surface area contributed by atoms with E-state index in [9.17, 15) is 0 Å². The van der Waals surface area contributed by atoms with Crippen LogP contribution in [0.3, 0.4) is 0 Å². The molecule has 2 rings (SSSR count). The molecule has 0 amide bonds. The minimum Gasteiger partial charge on any atom is -0.294 e. The van der Waals surface area contributed by atoms with Gasteiger partial charge in [0.2, 0.25) is 0 Å². The number of rotatable bonds is 5. The Morgan fingerprint density at radius 3 is 2.83 bits per heavy atom. The summed E-state index contributed by atoms with van der Waals surface area (Å²) in [5.74, 6) is 0. The summed E-state index contributed by atoms with van der Waals surface area (Å²) >= 11 is 0. The van der Waals surface area contributed by atoms with Crippen LogP contribution in [0, 0.1) is 0 Å². The van der Waals surface area contributed by atoms with Crippen LogP contribution in [0.15, 0.2) is 36.8 Å². The van der Waals surface area contributed by atoms with Gasteiger partial charge in [-0.05, 0) is 38.6 Å². The molecular formula is C14H20N4. The first-order chi connectivity index (χ1) is 8.72. The summed E-state index contributed by atoms with van der Waals surface area (Å²) in [4.78, 5) is 6.48. The fourth-order valence-corrected chi connectivity index (χ4v) is 2.05. The molecule has 0 aliphatic rings. The zero-order valence-corrected chi connectivity index (χ0v) is 11.2. The number of hydrogen-bond donors (Lipinski definition) is 0. The van der Waals surface area contributed by atoms with Gasteiger partial charge in [0, 0.05) is 37.7 Å². The van der Waals surface area contributed by atoms with Crippen molar-refractivity contribution < 1.29 is 0 Å². The first-order valence-corrected chi connectivity index (χ1v) is 6.33. The lowest BCUT2D eigenvalue weighted by Gasteiger charge is -2.24. The fourth-order valence-electron chi connectivity index (χ4n) is 2.05. The predicted molar refractivity (Wildman–Crippen MR) is 72.0 cm³/mol. The first kappa shape index (κ1) is 12.8. The van der Waals surface area contributed by atoms with Crippen molar-refractivity contribution in [2.45, 2.75) is 33.0 Å². The number of pyridine rings is 1.